The summed E-state index contributed by atoms with van der Waals surface area (Å²) in [5.74, 6) is 5.57. The summed E-state index contributed by atoms with van der Waals surface area (Å²) in [6, 6.07) is 8.63. The quantitative estimate of drug-likeness (QED) is 0.675. The van der Waals surface area contributed by atoms with E-state index in [9.17, 15) is 13.2 Å². The highest BCUT2D eigenvalue weighted by Gasteiger charge is 2.31. The van der Waals surface area contributed by atoms with Crippen LogP contribution in [0.4, 0.5) is 13.2 Å². The van der Waals surface area contributed by atoms with Crippen molar-refractivity contribution in [3.05, 3.63) is 64.5 Å². The smallest absolute Gasteiger partial charge is 0.271 e. The Kier molecular flexibility index (Phi) is 4.29. The molecule has 1 atom stereocenters. The van der Waals surface area contributed by atoms with E-state index in [1.807, 2.05) is 19.1 Å². The zero-order valence-electron chi connectivity index (χ0n) is 11.7. The largest absolute Gasteiger partial charge is 0.416 e. The van der Waals surface area contributed by atoms with E-state index in [1.54, 1.807) is 13.0 Å². The fourth-order valence-electron chi connectivity index (χ4n) is 2.24. The number of alkyl halides is 3. The summed E-state index contributed by atoms with van der Waals surface area (Å²) < 4.78 is 38.1. The molecule has 2 aromatic rings. The molecule has 1 heterocycles. The van der Waals surface area contributed by atoms with E-state index in [1.165, 1.54) is 6.07 Å². The number of nitrogens with zero attached hydrogens (tertiary/aromatic N) is 1. The van der Waals surface area contributed by atoms with Crippen LogP contribution >= 0.6 is 0 Å². The monoisotopic (exact) mass is 295 g/mol. The summed E-state index contributed by atoms with van der Waals surface area (Å²) in [6.07, 6.45) is -4.35. The van der Waals surface area contributed by atoms with Crippen LogP contribution in [0.1, 0.15) is 34.1 Å². The number of nitrogens with two attached hydrogens (primary N) is 1. The molecule has 0 aliphatic rings. The molecule has 1 aromatic carbocycles. The van der Waals surface area contributed by atoms with Crippen LogP contribution in [0.2, 0.25) is 0 Å². The third-order valence-corrected chi connectivity index (χ3v) is 3.28. The third kappa shape index (κ3) is 3.40. The number of benzene rings is 1. The van der Waals surface area contributed by atoms with Gasteiger partial charge in [0.1, 0.15) is 0 Å². The minimum Gasteiger partial charge on any atom is -0.271 e. The maximum atomic E-state index is 12.7. The Labute approximate surface area is 121 Å². The van der Waals surface area contributed by atoms with Crippen LogP contribution in [-0.2, 0) is 6.18 Å². The van der Waals surface area contributed by atoms with Crippen LogP contribution in [-0.4, -0.2) is 4.98 Å². The first-order valence-electron chi connectivity index (χ1n) is 6.40. The Balaban J connectivity index is 2.44. The van der Waals surface area contributed by atoms with Gasteiger partial charge in [0.2, 0.25) is 0 Å². The lowest BCUT2D eigenvalue weighted by atomic mass is 9.96. The Bertz CT molecular complexity index is 638. The van der Waals surface area contributed by atoms with Crippen molar-refractivity contribution in [1.29, 1.82) is 0 Å². The minimum atomic E-state index is -4.35. The maximum Gasteiger partial charge on any atom is 0.416 e. The molecule has 6 heteroatoms. The second kappa shape index (κ2) is 5.83. The average molecular weight is 295 g/mol. The van der Waals surface area contributed by atoms with E-state index in [2.05, 4.69) is 10.4 Å². The van der Waals surface area contributed by atoms with Gasteiger partial charge >= 0.3 is 6.18 Å². The van der Waals surface area contributed by atoms with Crippen molar-refractivity contribution in [3.63, 3.8) is 0 Å². The van der Waals surface area contributed by atoms with Gasteiger partial charge in [0.15, 0.2) is 0 Å². The number of hydrazine groups is 1. The molecule has 0 radical (unpaired) electrons. The third-order valence-electron chi connectivity index (χ3n) is 3.28. The highest BCUT2D eigenvalue weighted by Crippen LogP contribution is 2.32. The van der Waals surface area contributed by atoms with Gasteiger partial charge in [-0.1, -0.05) is 12.1 Å². The van der Waals surface area contributed by atoms with Gasteiger partial charge in [0, 0.05) is 5.69 Å². The van der Waals surface area contributed by atoms with Gasteiger partial charge in [0.25, 0.3) is 0 Å². The van der Waals surface area contributed by atoms with E-state index in [4.69, 9.17) is 5.84 Å². The zero-order chi connectivity index (χ0) is 15.6. The SMILES string of the molecule is Cc1cccc(C(NN)c2ccc(C(F)(F)F)cc2C)n1. The molecule has 0 amide bonds. The zero-order valence-corrected chi connectivity index (χ0v) is 11.7. The van der Waals surface area contributed by atoms with E-state index in [0.29, 0.717) is 16.8 Å². The van der Waals surface area contributed by atoms with Crippen molar-refractivity contribution in [3.8, 4) is 0 Å². The van der Waals surface area contributed by atoms with E-state index >= 15 is 0 Å². The van der Waals surface area contributed by atoms with Gasteiger partial charge in [-0.15, -0.1) is 0 Å². The van der Waals surface area contributed by atoms with Crippen LogP contribution in [0.5, 0.6) is 0 Å². The molecule has 0 aliphatic heterocycles. The first kappa shape index (κ1) is 15.5. The lowest BCUT2D eigenvalue weighted by Gasteiger charge is -2.19. The van der Waals surface area contributed by atoms with Crippen LogP contribution in [0.25, 0.3) is 0 Å². The molecule has 21 heavy (non-hydrogen) atoms. The molecule has 0 fully saturated rings. The first-order valence-corrected chi connectivity index (χ1v) is 6.40. The Morgan fingerprint density at radius 2 is 1.86 bits per heavy atom. The Morgan fingerprint density at radius 1 is 1.14 bits per heavy atom. The van der Waals surface area contributed by atoms with Crippen molar-refractivity contribution in [1.82, 2.24) is 10.4 Å². The number of halogens is 3. The van der Waals surface area contributed by atoms with Crippen molar-refractivity contribution in [2.45, 2.75) is 26.1 Å². The van der Waals surface area contributed by atoms with Gasteiger partial charge < -0.3 is 0 Å². The predicted octanol–water partition coefficient (Wildman–Crippen LogP) is 3.27. The molecule has 3 N–H and O–H groups in total. The second-order valence-electron chi connectivity index (χ2n) is 4.87. The Hall–Kier alpha value is -1.92. The topological polar surface area (TPSA) is 50.9 Å². The highest BCUT2D eigenvalue weighted by atomic mass is 19.4. The molecule has 2 rings (SSSR count). The summed E-state index contributed by atoms with van der Waals surface area (Å²) in [4.78, 5) is 4.37. The molecule has 1 unspecified atom stereocenters. The molecule has 1 aromatic heterocycles. The maximum absolute atomic E-state index is 12.7. The minimum absolute atomic E-state index is 0.452. The van der Waals surface area contributed by atoms with Crippen molar-refractivity contribution in [2.75, 3.05) is 0 Å². The molecular formula is C15H16F3N3. The standard InChI is InChI=1S/C15H16F3N3/c1-9-8-11(15(16,17)18)6-7-12(9)14(21-19)13-5-3-4-10(2)20-13/h3-8,14,21H,19H2,1-2H3. The van der Waals surface area contributed by atoms with Crippen LogP contribution in [0.3, 0.4) is 0 Å². The fraction of sp³-hybridized carbons (Fsp3) is 0.267. The predicted molar refractivity (Wildman–Crippen MR) is 74.3 cm³/mol. The summed E-state index contributed by atoms with van der Waals surface area (Å²) >= 11 is 0. The summed E-state index contributed by atoms with van der Waals surface area (Å²) in [7, 11) is 0. The summed E-state index contributed by atoms with van der Waals surface area (Å²) in [5, 5.41) is 0. The summed E-state index contributed by atoms with van der Waals surface area (Å²) in [6.45, 7) is 3.47. The number of hydrogen-bond donors (Lipinski definition) is 2. The summed E-state index contributed by atoms with van der Waals surface area (Å²) in [5.41, 5.74) is 4.61. The van der Waals surface area contributed by atoms with Crippen LogP contribution < -0.4 is 11.3 Å². The molecule has 3 nitrogen and oxygen atoms in total. The molecule has 0 saturated carbocycles. The van der Waals surface area contributed by atoms with E-state index in [0.717, 1.165) is 17.8 Å². The van der Waals surface area contributed by atoms with Gasteiger partial charge in [-0.25, -0.2) is 5.43 Å². The van der Waals surface area contributed by atoms with Crippen molar-refractivity contribution in [2.24, 2.45) is 5.84 Å². The van der Waals surface area contributed by atoms with Crippen LogP contribution in [0, 0.1) is 13.8 Å². The van der Waals surface area contributed by atoms with Gasteiger partial charge in [-0.3, -0.25) is 10.8 Å². The van der Waals surface area contributed by atoms with Crippen molar-refractivity contribution < 1.29 is 13.2 Å². The number of aryl methyl sites for hydroxylation is 2. The molecule has 0 saturated heterocycles. The number of nitrogens with one attached hydrogen (secondary N) is 1. The molecular weight excluding hydrogens is 279 g/mol. The molecule has 0 aliphatic carbocycles. The average Bonchev–Trinajstić information content (AvgIpc) is 2.40. The van der Waals surface area contributed by atoms with E-state index < -0.39 is 17.8 Å². The van der Waals surface area contributed by atoms with Gasteiger partial charge in [0.05, 0.1) is 17.3 Å². The number of rotatable bonds is 3. The Morgan fingerprint density at radius 3 is 2.38 bits per heavy atom. The fourth-order valence-corrected chi connectivity index (χ4v) is 2.24. The number of hydrogen-bond acceptors (Lipinski definition) is 3. The van der Waals surface area contributed by atoms with Gasteiger partial charge in [-0.05, 0) is 49.2 Å². The normalized spacial score (nSPS) is 13.2. The molecule has 0 bridgehead atoms. The number of pyridine rings is 1. The second-order valence-corrected chi connectivity index (χ2v) is 4.87. The van der Waals surface area contributed by atoms with E-state index in [-0.39, 0.29) is 0 Å². The highest BCUT2D eigenvalue weighted by molar-refractivity contribution is 5.38. The molecule has 112 valence electrons. The lowest BCUT2D eigenvalue weighted by Crippen LogP contribution is -2.30. The van der Waals surface area contributed by atoms with Crippen molar-refractivity contribution >= 4 is 0 Å². The van der Waals surface area contributed by atoms with Gasteiger partial charge in [-0.2, -0.15) is 13.2 Å². The lowest BCUT2D eigenvalue weighted by molar-refractivity contribution is -0.137. The van der Waals surface area contributed by atoms with Crippen LogP contribution in [0.15, 0.2) is 36.4 Å². The number of aromatic nitrogens is 1. The first-order chi connectivity index (χ1) is 9.82. The molecule has 0 spiro atoms.